The topological polar surface area (TPSA) is 60.7 Å². The van der Waals surface area contributed by atoms with Crippen molar-refractivity contribution in [2.24, 2.45) is 11.4 Å². The van der Waals surface area contributed by atoms with E-state index in [0.717, 1.165) is 16.9 Å². The molecule has 5 nitrogen and oxygen atoms in total. The summed E-state index contributed by atoms with van der Waals surface area (Å²) in [6.45, 7) is 0. The molecule has 0 aliphatic heterocycles. The molecule has 0 spiro atoms. The van der Waals surface area contributed by atoms with Crippen molar-refractivity contribution in [1.29, 1.82) is 0 Å². The maximum Gasteiger partial charge on any atom is 0.285 e. The van der Waals surface area contributed by atoms with Gasteiger partial charge in [-0.05, 0) is 42.5 Å². The summed E-state index contributed by atoms with van der Waals surface area (Å²) in [7, 11) is -0.656. The molecule has 0 N–H and O–H groups in total. The van der Waals surface area contributed by atoms with Crippen molar-refractivity contribution in [3.8, 4) is 5.75 Å². The number of hydrogen-bond acceptors (Lipinski definition) is 4. The van der Waals surface area contributed by atoms with Crippen LogP contribution in [0.2, 0.25) is 0 Å². The first-order valence-corrected chi connectivity index (χ1v) is 8.86. The lowest BCUT2D eigenvalue weighted by Gasteiger charge is -2.01. The lowest BCUT2D eigenvalue weighted by Crippen LogP contribution is -2.13. The molecule has 0 unspecified atom stereocenters. The second-order valence-electron chi connectivity index (χ2n) is 4.80. The van der Waals surface area contributed by atoms with Gasteiger partial charge in [0.05, 0.1) is 22.2 Å². The van der Waals surface area contributed by atoms with Crippen molar-refractivity contribution >= 4 is 31.6 Å². The Morgan fingerprint density at radius 2 is 1.87 bits per heavy atom. The molecule has 8 heteroatoms. The third kappa shape index (κ3) is 2.99. The number of ether oxygens (including phenoxy) is 1. The van der Waals surface area contributed by atoms with Crippen molar-refractivity contribution in [2.45, 2.75) is 4.90 Å². The van der Waals surface area contributed by atoms with E-state index in [4.69, 9.17) is 4.74 Å². The van der Waals surface area contributed by atoms with Crippen LogP contribution in [0.4, 0.5) is 4.39 Å². The maximum absolute atomic E-state index is 13.3. The minimum absolute atomic E-state index is 0.0712. The number of nitrogens with zero attached hydrogens (tertiary/aromatic N) is 2. The summed E-state index contributed by atoms with van der Waals surface area (Å²) in [4.78, 5) is 0.350. The SMILES string of the molecule is COc1ccc(S(=O)(=O)/N=c2\sc3cc(F)ccc3n2C)cc1. The fourth-order valence-electron chi connectivity index (χ4n) is 2.10. The van der Waals surface area contributed by atoms with Gasteiger partial charge in [-0.15, -0.1) is 4.40 Å². The van der Waals surface area contributed by atoms with Crippen molar-refractivity contribution in [1.82, 2.24) is 4.57 Å². The fraction of sp³-hybridized carbons (Fsp3) is 0.133. The number of thiazole rings is 1. The van der Waals surface area contributed by atoms with E-state index in [9.17, 15) is 12.8 Å². The molecular weight excluding hydrogens is 339 g/mol. The largest absolute Gasteiger partial charge is 0.497 e. The standard InChI is InChI=1S/C15H13FN2O3S2/c1-18-13-8-3-10(16)9-14(13)22-15(18)17-23(19,20)12-6-4-11(21-2)5-7-12/h3-9H,1-2H3/b17-15-. The summed E-state index contributed by atoms with van der Waals surface area (Å²) in [5.74, 6) is 0.191. The molecule has 1 heterocycles. The first-order chi connectivity index (χ1) is 10.9. The highest BCUT2D eigenvalue weighted by Crippen LogP contribution is 2.20. The molecule has 0 aliphatic carbocycles. The predicted octanol–water partition coefficient (Wildman–Crippen LogP) is 2.68. The van der Waals surface area contributed by atoms with Crippen LogP contribution in [0, 0.1) is 5.82 Å². The third-order valence-electron chi connectivity index (χ3n) is 3.33. The van der Waals surface area contributed by atoms with Crippen molar-refractivity contribution in [3.05, 3.63) is 53.1 Å². The molecule has 2 aromatic carbocycles. The van der Waals surface area contributed by atoms with Crippen LogP contribution in [-0.4, -0.2) is 20.1 Å². The Bertz CT molecular complexity index is 1030. The Labute approximate surface area is 136 Å². The lowest BCUT2D eigenvalue weighted by molar-refractivity contribution is 0.414. The molecule has 0 saturated carbocycles. The molecule has 0 aliphatic rings. The van der Waals surface area contributed by atoms with Crippen LogP contribution >= 0.6 is 11.3 Å². The molecule has 23 heavy (non-hydrogen) atoms. The highest BCUT2D eigenvalue weighted by atomic mass is 32.2. The van der Waals surface area contributed by atoms with Crippen LogP contribution in [0.1, 0.15) is 0 Å². The van der Waals surface area contributed by atoms with Gasteiger partial charge in [0.25, 0.3) is 10.0 Å². The van der Waals surface area contributed by atoms with Gasteiger partial charge in [-0.3, -0.25) is 0 Å². The van der Waals surface area contributed by atoms with Gasteiger partial charge in [-0.2, -0.15) is 8.42 Å². The van der Waals surface area contributed by atoms with Gasteiger partial charge < -0.3 is 9.30 Å². The first-order valence-electron chi connectivity index (χ1n) is 6.61. The lowest BCUT2D eigenvalue weighted by atomic mass is 10.3. The van der Waals surface area contributed by atoms with Gasteiger partial charge in [0.15, 0.2) is 0 Å². The Kier molecular flexibility index (Phi) is 3.95. The van der Waals surface area contributed by atoms with E-state index in [0.29, 0.717) is 10.4 Å². The van der Waals surface area contributed by atoms with Gasteiger partial charge in [-0.1, -0.05) is 11.3 Å². The Balaban J connectivity index is 2.14. The van der Waals surface area contributed by atoms with Crippen molar-refractivity contribution in [3.63, 3.8) is 0 Å². The van der Waals surface area contributed by atoms with Gasteiger partial charge in [-0.25, -0.2) is 4.39 Å². The number of halogens is 1. The third-order valence-corrected chi connectivity index (χ3v) is 5.82. The summed E-state index contributed by atoms with van der Waals surface area (Å²) in [5.41, 5.74) is 0.722. The molecule has 0 fully saturated rings. The summed E-state index contributed by atoms with van der Waals surface area (Å²) < 4.78 is 49.2. The molecule has 1 aromatic heterocycles. The van der Waals surface area contributed by atoms with E-state index in [1.54, 1.807) is 29.8 Å². The molecule has 3 rings (SSSR count). The molecule has 3 aromatic rings. The molecule has 0 atom stereocenters. The number of aromatic nitrogens is 1. The fourth-order valence-corrected chi connectivity index (χ4v) is 4.37. The average molecular weight is 352 g/mol. The zero-order valence-electron chi connectivity index (χ0n) is 12.4. The highest BCUT2D eigenvalue weighted by molar-refractivity contribution is 7.90. The Morgan fingerprint density at radius 1 is 1.17 bits per heavy atom. The summed E-state index contributed by atoms with van der Waals surface area (Å²) in [6, 6.07) is 10.3. The second kappa shape index (κ2) is 5.78. The van der Waals surface area contributed by atoms with E-state index >= 15 is 0 Å². The average Bonchev–Trinajstić information content (AvgIpc) is 2.82. The summed E-state index contributed by atoms with van der Waals surface area (Å²) >= 11 is 1.12. The maximum atomic E-state index is 13.3. The molecular formula is C15H13FN2O3S2. The van der Waals surface area contributed by atoms with Crippen LogP contribution in [-0.2, 0) is 17.1 Å². The smallest absolute Gasteiger partial charge is 0.285 e. The minimum Gasteiger partial charge on any atom is -0.497 e. The van der Waals surface area contributed by atoms with Crippen molar-refractivity contribution < 1.29 is 17.5 Å². The molecule has 0 radical (unpaired) electrons. The first kappa shape index (κ1) is 15.7. The van der Waals surface area contributed by atoms with Gasteiger partial charge in [0, 0.05) is 7.05 Å². The summed E-state index contributed by atoms with van der Waals surface area (Å²) in [6.07, 6.45) is 0. The normalized spacial score (nSPS) is 12.7. The van der Waals surface area contributed by atoms with E-state index in [1.165, 1.54) is 31.4 Å². The zero-order chi connectivity index (χ0) is 16.6. The number of methoxy groups -OCH3 is 1. The van der Waals surface area contributed by atoms with E-state index in [2.05, 4.69) is 4.40 Å². The van der Waals surface area contributed by atoms with Crippen LogP contribution in [0.5, 0.6) is 5.75 Å². The van der Waals surface area contributed by atoms with Crippen LogP contribution in [0.15, 0.2) is 51.8 Å². The number of sulfonamides is 1. The quantitative estimate of drug-likeness (QED) is 0.728. The number of benzene rings is 2. The number of aryl methyl sites for hydroxylation is 1. The Morgan fingerprint density at radius 3 is 2.52 bits per heavy atom. The van der Waals surface area contributed by atoms with E-state index in [1.807, 2.05) is 0 Å². The summed E-state index contributed by atoms with van der Waals surface area (Å²) in [5, 5.41) is 0. The predicted molar refractivity (Wildman–Crippen MR) is 86.5 cm³/mol. The van der Waals surface area contributed by atoms with Gasteiger partial charge in [0.2, 0.25) is 4.80 Å². The molecule has 120 valence electrons. The van der Waals surface area contributed by atoms with E-state index in [-0.39, 0.29) is 15.5 Å². The van der Waals surface area contributed by atoms with Gasteiger partial charge in [0.1, 0.15) is 11.6 Å². The molecule has 0 saturated heterocycles. The second-order valence-corrected chi connectivity index (χ2v) is 7.41. The highest BCUT2D eigenvalue weighted by Gasteiger charge is 2.14. The zero-order valence-corrected chi connectivity index (χ0v) is 14.0. The minimum atomic E-state index is -3.85. The van der Waals surface area contributed by atoms with Crippen LogP contribution in [0.3, 0.4) is 0 Å². The van der Waals surface area contributed by atoms with Gasteiger partial charge >= 0.3 is 0 Å². The monoisotopic (exact) mass is 352 g/mol. The van der Waals surface area contributed by atoms with Crippen LogP contribution in [0.25, 0.3) is 10.2 Å². The Hall–Kier alpha value is -2.19. The number of rotatable bonds is 3. The molecule has 0 amide bonds. The van der Waals surface area contributed by atoms with E-state index < -0.39 is 10.0 Å². The van der Waals surface area contributed by atoms with Crippen molar-refractivity contribution in [2.75, 3.05) is 7.11 Å². The number of hydrogen-bond donors (Lipinski definition) is 0. The number of fused-ring (bicyclic) bond motifs is 1. The van der Waals surface area contributed by atoms with Crippen LogP contribution < -0.4 is 9.54 Å². The molecule has 0 bridgehead atoms.